The maximum absolute atomic E-state index is 3.77. The fourth-order valence-electron chi connectivity index (χ4n) is 2.91. The Morgan fingerprint density at radius 1 is 1.25 bits per heavy atom. The third-order valence-electron chi connectivity index (χ3n) is 3.99. The molecule has 2 nitrogen and oxygen atoms in total. The lowest BCUT2D eigenvalue weighted by atomic mass is 9.74. The zero-order valence-electron chi connectivity index (χ0n) is 11.8. The highest BCUT2D eigenvalue weighted by atomic mass is 15.1. The normalized spacial score (nSPS) is 31.3. The maximum atomic E-state index is 3.77. The van der Waals surface area contributed by atoms with Crippen LogP contribution in [-0.4, -0.2) is 38.1 Å². The van der Waals surface area contributed by atoms with E-state index in [1.807, 2.05) is 0 Å². The summed E-state index contributed by atoms with van der Waals surface area (Å²) in [6, 6.07) is 0.753. The lowest BCUT2D eigenvalue weighted by molar-refractivity contribution is 0.168. The van der Waals surface area contributed by atoms with Crippen LogP contribution in [0.2, 0.25) is 0 Å². The minimum Gasteiger partial charge on any atom is -0.312 e. The molecule has 96 valence electrons. The maximum Gasteiger partial charge on any atom is 0.0101 e. The van der Waals surface area contributed by atoms with Gasteiger partial charge in [-0.1, -0.05) is 27.2 Å². The van der Waals surface area contributed by atoms with Crippen LogP contribution in [0, 0.1) is 17.8 Å². The van der Waals surface area contributed by atoms with Crippen LogP contribution >= 0.6 is 0 Å². The summed E-state index contributed by atoms with van der Waals surface area (Å²) in [5.41, 5.74) is 0. The summed E-state index contributed by atoms with van der Waals surface area (Å²) in [6.45, 7) is 9.43. The predicted octanol–water partition coefficient (Wildman–Crippen LogP) is 2.60. The Bertz CT molecular complexity index is 189. The van der Waals surface area contributed by atoms with E-state index in [0.717, 1.165) is 36.9 Å². The van der Waals surface area contributed by atoms with Crippen LogP contribution < -0.4 is 5.32 Å². The van der Waals surface area contributed by atoms with Crippen LogP contribution in [0.5, 0.6) is 0 Å². The Hall–Kier alpha value is -0.0800. The Morgan fingerprint density at radius 3 is 2.50 bits per heavy atom. The van der Waals surface area contributed by atoms with Crippen molar-refractivity contribution in [3.63, 3.8) is 0 Å². The van der Waals surface area contributed by atoms with Gasteiger partial charge >= 0.3 is 0 Å². The van der Waals surface area contributed by atoms with Crippen LogP contribution in [0.25, 0.3) is 0 Å². The van der Waals surface area contributed by atoms with Crippen molar-refractivity contribution in [1.82, 2.24) is 10.2 Å². The second-order valence-corrected chi connectivity index (χ2v) is 6.19. The van der Waals surface area contributed by atoms with Crippen molar-refractivity contribution in [2.45, 2.75) is 46.1 Å². The van der Waals surface area contributed by atoms with Gasteiger partial charge in [0.25, 0.3) is 0 Å². The molecule has 0 saturated heterocycles. The summed E-state index contributed by atoms with van der Waals surface area (Å²) in [5, 5.41) is 3.77. The first kappa shape index (κ1) is 14.0. The molecule has 1 N–H and O–H groups in total. The molecular formula is C14H30N2. The Balaban J connectivity index is 2.38. The van der Waals surface area contributed by atoms with Crippen molar-refractivity contribution < 1.29 is 0 Å². The number of nitrogens with zero attached hydrogens (tertiary/aromatic N) is 1. The number of hydrogen-bond donors (Lipinski definition) is 1. The van der Waals surface area contributed by atoms with Gasteiger partial charge < -0.3 is 10.2 Å². The SMILES string of the molecule is CC1CCC(C(C)C)C(NCCN(C)C)C1. The average Bonchev–Trinajstić information content (AvgIpc) is 2.16. The van der Waals surface area contributed by atoms with Gasteiger partial charge in [-0.05, 0) is 44.7 Å². The Kier molecular flexibility index (Phi) is 5.77. The summed E-state index contributed by atoms with van der Waals surface area (Å²) in [6.07, 6.45) is 4.21. The summed E-state index contributed by atoms with van der Waals surface area (Å²) in [5.74, 6) is 2.62. The van der Waals surface area contributed by atoms with E-state index in [9.17, 15) is 0 Å². The van der Waals surface area contributed by atoms with E-state index in [1.165, 1.54) is 19.3 Å². The number of rotatable bonds is 5. The van der Waals surface area contributed by atoms with Crippen LogP contribution in [0.4, 0.5) is 0 Å². The molecule has 0 spiro atoms. The van der Waals surface area contributed by atoms with Gasteiger partial charge in [-0.15, -0.1) is 0 Å². The second-order valence-electron chi connectivity index (χ2n) is 6.19. The monoisotopic (exact) mass is 226 g/mol. The summed E-state index contributed by atoms with van der Waals surface area (Å²) in [7, 11) is 4.29. The van der Waals surface area contributed by atoms with Gasteiger partial charge in [-0.2, -0.15) is 0 Å². The van der Waals surface area contributed by atoms with Gasteiger partial charge in [0.1, 0.15) is 0 Å². The van der Waals surface area contributed by atoms with E-state index in [1.54, 1.807) is 0 Å². The molecular weight excluding hydrogens is 196 g/mol. The third kappa shape index (κ3) is 4.42. The lowest BCUT2D eigenvalue weighted by Gasteiger charge is -2.38. The van der Waals surface area contributed by atoms with Crippen LogP contribution in [-0.2, 0) is 0 Å². The summed E-state index contributed by atoms with van der Waals surface area (Å²) in [4.78, 5) is 2.25. The first-order valence-electron chi connectivity index (χ1n) is 6.88. The molecule has 1 fully saturated rings. The Labute approximate surface area is 102 Å². The highest BCUT2D eigenvalue weighted by Crippen LogP contribution is 2.33. The predicted molar refractivity (Wildman–Crippen MR) is 71.7 cm³/mol. The van der Waals surface area contributed by atoms with E-state index in [2.05, 4.69) is 45.1 Å². The molecule has 0 bridgehead atoms. The first-order valence-corrected chi connectivity index (χ1v) is 6.88. The molecule has 16 heavy (non-hydrogen) atoms. The first-order chi connectivity index (χ1) is 7.50. The molecule has 1 rings (SSSR count). The van der Waals surface area contributed by atoms with E-state index in [4.69, 9.17) is 0 Å². The minimum absolute atomic E-state index is 0.753. The number of likely N-dealkylation sites (N-methyl/N-ethyl adjacent to an activating group) is 1. The molecule has 0 aromatic heterocycles. The molecule has 0 aromatic carbocycles. The summed E-state index contributed by atoms with van der Waals surface area (Å²) >= 11 is 0. The van der Waals surface area contributed by atoms with Crippen molar-refractivity contribution >= 4 is 0 Å². The molecule has 0 heterocycles. The topological polar surface area (TPSA) is 15.3 Å². The van der Waals surface area contributed by atoms with Crippen LogP contribution in [0.1, 0.15) is 40.0 Å². The van der Waals surface area contributed by atoms with Crippen molar-refractivity contribution in [2.24, 2.45) is 17.8 Å². The smallest absolute Gasteiger partial charge is 0.0101 e. The molecule has 0 amide bonds. The van der Waals surface area contributed by atoms with Gasteiger partial charge in [0, 0.05) is 19.1 Å². The molecule has 1 saturated carbocycles. The van der Waals surface area contributed by atoms with Gasteiger partial charge in [0.05, 0.1) is 0 Å². The highest BCUT2D eigenvalue weighted by molar-refractivity contribution is 4.85. The molecule has 2 heteroatoms. The standard InChI is InChI=1S/C14H30N2/c1-11(2)13-7-6-12(3)10-14(13)15-8-9-16(4)5/h11-15H,6-10H2,1-5H3. The zero-order chi connectivity index (χ0) is 12.1. The number of nitrogens with one attached hydrogen (secondary N) is 1. The molecule has 3 unspecified atom stereocenters. The number of hydrogen-bond acceptors (Lipinski definition) is 2. The molecule has 1 aliphatic carbocycles. The fourth-order valence-corrected chi connectivity index (χ4v) is 2.91. The van der Waals surface area contributed by atoms with Crippen molar-refractivity contribution in [1.29, 1.82) is 0 Å². The molecule has 0 aromatic rings. The van der Waals surface area contributed by atoms with Gasteiger partial charge in [0.15, 0.2) is 0 Å². The molecule has 0 radical (unpaired) electrons. The van der Waals surface area contributed by atoms with Gasteiger partial charge in [0.2, 0.25) is 0 Å². The third-order valence-corrected chi connectivity index (χ3v) is 3.99. The van der Waals surface area contributed by atoms with E-state index in [-0.39, 0.29) is 0 Å². The highest BCUT2D eigenvalue weighted by Gasteiger charge is 2.29. The Morgan fingerprint density at radius 2 is 1.94 bits per heavy atom. The molecule has 1 aliphatic rings. The zero-order valence-corrected chi connectivity index (χ0v) is 11.8. The van der Waals surface area contributed by atoms with Crippen molar-refractivity contribution in [3.05, 3.63) is 0 Å². The van der Waals surface area contributed by atoms with Crippen LogP contribution in [0.15, 0.2) is 0 Å². The minimum atomic E-state index is 0.753. The van der Waals surface area contributed by atoms with Gasteiger partial charge in [-0.3, -0.25) is 0 Å². The van der Waals surface area contributed by atoms with Crippen molar-refractivity contribution in [3.8, 4) is 0 Å². The largest absolute Gasteiger partial charge is 0.312 e. The van der Waals surface area contributed by atoms with E-state index in [0.29, 0.717) is 0 Å². The summed E-state index contributed by atoms with van der Waals surface area (Å²) < 4.78 is 0. The fraction of sp³-hybridized carbons (Fsp3) is 1.00. The molecule has 0 aliphatic heterocycles. The second kappa shape index (κ2) is 6.61. The van der Waals surface area contributed by atoms with E-state index >= 15 is 0 Å². The van der Waals surface area contributed by atoms with E-state index < -0.39 is 0 Å². The molecule has 3 atom stereocenters. The van der Waals surface area contributed by atoms with Gasteiger partial charge in [-0.25, -0.2) is 0 Å². The van der Waals surface area contributed by atoms with Crippen molar-refractivity contribution in [2.75, 3.05) is 27.2 Å². The average molecular weight is 226 g/mol. The quantitative estimate of drug-likeness (QED) is 0.775. The lowest BCUT2D eigenvalue weighted by Crippen LogP contribution is -2.44. The van der Waals surface area contributed by atoms with Crippen LogP contribution in [0.3, 0.4) is 0 Å².